The zero-order chi connectivity index (χ0) is 17.9. The molecule has 0 bridgehead atoms. The molecule has 0 aliphatic heterocycles. The Balaban J connectivity index is 2.22. The number of methoxy groups -OCH3 is 1. The van der Waals surface area contributed by atoms with Gasteiger partial charge in [0.25, 0.3) is 0 Å². The molecule has 0 saturated carbocycles. The number of hydrogen-bond donors (Lipinski definition) is 1. The average Bonchev–Trinajstić information content (AvgIpc) is 2.78. The number of rotatable bonds is 6. The van der Waals surface area contributed by atoms with Crippen LogP contribution < -0.4 is 11.0 Å². The molecule has 7 nitrogen and oxygen atoms in total. The van der Waals surface area contributed by atoms with Crippen molar-refractivity contribution in [1.29, 1.82) is 0 Å². The highest BCUT2D eigenvalue weighted by Crippen LogP contribution is 2.11. The summed E-state index contributed by atoms with van der Waals surface area (Å²) in [5, 5.41) is 2.67. The smallest absolute Gasteiger partial charge is 0.329 e. The van der Waals surface area contributed by atoms with Gasteiger partial charge in [0.2, 0.25) is 5.91 Å². The Morgan fingerprint density at radius 2 is 1.83 bits per heavy atom. The molecular formula is C17H23N3O4. The molecule has 2 rings (SSSR count). The van der Waals surface area contributed by atoms with Gasteiger partial charge in [0.15, 0.2) is 0 Å². The van der Waals surface area contributed by atoms with Gasteiger partial charge in [-0.1, -0.05) is 26.0 Å². The van der Waals surface area contributed by atoms with Crippen LogP contribution in [0.3, 0.4) is 0 Å². The van der Waals surface area contributed by atoms with Crippen LogP contribution in [0.5, 0.6) is 0 Å². The zero-order valence-corrected chi connectivity index (χ0v) is 14.4. The number of imidazole rings is 1. The van der Waals surface area contributed by atoms with Gasteiger partial charge in [-0.3, -0.25) is 13.9 Å². The molecule has 1 aromatic carbocycles. The third-order valence-electron chi connectivity index (χ3n) is 3.88. The molecule has 1 unspecified atom stereocenters. The summed E-state index contributed by atoms with van der Waals surface area (Å²) >= 11 is 0. The van der Waals surface area contributed by atoms with Gasteiger partial charge in [0.1, 0.15) is 12.6 Å². The maximum atomic E-state index is 12.3. The van der Waals surface area contributed by atoms with Gasteiger partial charge in [0.05, 0.1) is 18.1 Å². The third-order valence-corrected chi connectivity index (χ3v) is 3.88. The highest BCUT2D eigenvalue weighted by Gasteiger charge is 2.23. The number of carbonyl (C=O) groups excluding carboxylic acids is 2. The lowest BCUT2D eigenvalue weighted by Crippen LogP contribution is -2.44. The minimum Gasteiger partial charge on any atom is -0.467 e. The van der Waals surface area contributed by atoms with E-state index in [4.69, 9.17) is 4.74 Å². The molecule has 1 amide bonds. The number of aromatic nitrogens is 2. The number of nitrogens with one attached hydrogen (secondary N) is 1. The van der Waals surface area contributed by atoms with Gasteiger partial charge in [-0.25, -0.2) is 9.59 Å². The van der Waals surface area contributed by atoms with E-state index in [1.54, 1.807) is 13.1 Å². The molecule has 1 heterocycles. The van der Waals surface area contributed by atoms with E-state index < -0.39 is 17.9 Å². The molecule has 1 atom stereocenters. The Labute approximate surface area is 140 Å². The molecule has 24 heavy (non-hydrogen) atoms. The van der Waals surface area contributed by atoms with E-state index in [0.717, 1.165) is 5.52 Å². The van der Waals surface area contributed by atoms with Crippen LogP contribution in [0.15, 0.2) is 29.1 Å². The average molecular weight is 333 g/mol. The van der Waals surface area contributed by atoms with Crippen LogP contribution in [0.25, 0.3) is 11.0 Å². The second-order valence-electron chi connectivity index (χ2n) is 6.19. The van der Waals surface area contributed by atoms with Gasteiger partial charge in [-0.2, -0.15) is 0 Å². The lowest BCUT2D eigenvalue weighted by Gasteiger charge is -2.18. The van der Waals surface area contributed by atoms with E-state index in [-0.39, 0.29) is 18.2 Å². The third kappa shape index (κ3) is 3.67. The summed E-state index contributed by atoms with van der Waals surface area (Å²) < 4.78 is 7.63. The summed E-state index contributed by atoms with van der Waals surface area (Å²) in [5.74, 6) is -0.665. The highest BCUT2D eigenvalue weighted by atomic mass is 16.5. The number of aryl methyl sites for hydroxylation is 1. The largest absolute Gasteiger partial charge is 0.467 e. The normalized spacial score (nSPS) is 12.4. The van der Waals surface area contributed by atoms with Crippen LogP contribution in [-0.4, -0.2) is 34.2 Å². The summed E-state index contributed by atoms with van der Waals surface area (Å²) in [6.07, 6.45) is 0.475. The van der Waals surface area contributed by atoms with Gasteiger partial charge < -0.3 is 10.1 Å². The Bertz CT molecular complexity index is 804. The van der Waals surface area contributed by atoms with E-state index in [2.05, 4.69) is 5.32 Å². The van der Waals surface area contributed by atoms with E-state index in [9.17, 15) is 14.4 Å². The van der Waals surface area contributed by atoms with Crippen molar-refractivity contribution in [3.8, 4) is 0 Å². The first-order chi connectivity index (χ1) is 11.3. The van der Waals surface area contributed by atoms with Gasteiger partial charge in [0, 0.05) is 7.05 Å². The summed E-state index contributed by atoms with van der Waals surface area (Å²) in [6.45, 7) is 3.76. The van der Waals surface area contributed by atoms with Crippen molar-refractivity contribution in [3.63, 3.8) is 0 Å². The number of fused-ring (bicyclic) bond motifs is 1. The Morgan fingerprint density at radius 1 is 1.21 bits per heavy atom. The second kappa shape index (κ2) is 7.33. The number of nitrogens with zero attached hydrogens (tertiary/aromatic N) is 2. The quantitative estimate of drug-likeness (QED) is 0.801. The van der Waals surface area contributed by atoms with Gasteiger partial charge in [-0.05, 0) is 24.5 Å². The van der Waals surface area contributed by atoms with E-state index in [1.165, 1.54) is 16.2 Å². The fourth-order valence-electron chi connectivity index (χ4n) is 2.73. The standard InChI is InChI=1S/C17H23N3O4/c1-11(2)9-12(16(22)24-4)18-15(21)10-20-14-8-6-5-7-13(14)19(3)17(20)23/h5-8,11-12H,9-10H2,1-4H3,(H,18,21). The first-order valence-electron chi connectivity index (χ1n) is 7.86. The topological polar surface area (TPSA) is 82.3 Å². The van der Waals surface area contributed by atoms with Crippen molar-refractivity contribution >= 4 is 22.9 Å². The minimum atomic E-state index is -0.715. The number of benzene rings is 1. The second-order valence-corrected chi connectivity index (χ2v) is 6.19. The maximum Gasteiger partial charge on any atom is 0.329 e. The fourth-order valence-corrected chi connectivity index (χ4v) is 2.73. The highest BCUT2D eigenvalue weighted by molar-refractivity contribution is 5.85. The predicted molar refractivity (Wildman–Crippen MR) is 90.6 cm³/mol. The zero-order valence-electron chi connectivity index (χ0n) is 14.4. The molecule has 0 aliphatic carbocycles. The lowest BCUT2D eigenvalue weighted by molar-refractivity contribution is -0.145. The van der Waals surface area contributed by atoms with E-state index in [0.29, 0.717) is 11.9 Å². The van der Waals surface area contributed by atoms with Crippen LogP contribution in [0, 0.1) is 5.92 Å². The van der Waals surface area contributed by atoms with Crippen LogP contribution >= 0.6 is 0 Å². The first kappa shape index (κ1) is 17.8. The molecular weight excluding hydrogens is 310 g/mol. The molecule has 0 fully saturated rings. The molecule has 1 N–H and O–H groups in total. The van der Waals surface area contributed by atoms with Crippen molar-refractivity contribution in [3.05, 3.63) is 34.7 Å². The summed E-state index contributed by atoms with van der Waals surface area (Å²) in [5.41, 5.74) is 1.16. The number of esters is 1. The molecule has 1 aromatic heterocycles. The summed E-state index contributed by atoms with van der Waals surface area (Å²) in [4.78, 5) is 36.5. The van der Waals surface area contributed by atoms with Crippen LogP contribution in [0.4, 0.5) is 0 Å². The van der Waals surface area contributed by atoms with Crippen LogP contribution in [0.1, 0.15) is 20.3 Å². The fraction of sp³-hybridized carbons (Fsp3) is 0.471. The number of amides is 1. The number of ether oxygens (including phenoxy) is 1. The molecule has 0 spiro atoms. The minimum absolute atomic E-state index is 0.147. The molecule has 2 aromatic rings. The van der Waals surface area contributed by atoms with Crippen molar-refractivity contribution in [2.75, 3.05) is 7.11 Å². The molecule has 0 saturated heterocycles. The van der Waals surface area contributed by atoms with Crippen molar-refractivity contribution in [2.45, 2.75) is 32.9 Å². The number of hydrogen-bond acceptors (Lipinski definition) is 4. The Morgan fingerprint density at radius 3 is 2.42 bits per heavy atom. The van der Waals surface area contributed by atoms with Gasteiger partial charge >= 0.3 is 11.7 Å². The molecule has 7 heteroatoms. The van der Waals surface area contributed by atoms with Gasteiger partial charge in [-0.15, -0.1) is 0 Å². The maximum absolute atomic E-state index is 12.3. The molecule has 0 radical (unpaired) electrons. The Kier molecular flexibility index (Phi) is 5.43. The number of carbonyl (C=O) groups is 2. The van der Waals surface area contributed by atoms with Crippen molar-refractivity contribution < 1.29 is 14.3 Å². The SMILES string of the molecule is COC(=O)C(CC(C)C)NC(=O)Cn1c(=O)n(C)c2ccccc21. The summed E-state index contributed by atoms with van der Waals surface area (Å²) in [7, 11) is 2.95. The summed E-state index contributed by atoms with van der Waals surface area (Å²) in [6, 6.07) is 6.54. The van der Waals surface area contributed by atoms with Crippen LogP contribution in [-0.2, 0) is 27.9 Å². The molecule has 130 valence electrons. The first-order valence-corrected chi connectivity index (χ1v) is 7.86. The molecule has 0 aliphatic rings. The predicted octanol–water partition coefficient (Wildman–Crippen LogP) is 1.04. The van der Waals surface area contributed by atoms with E-state index in [1.807, 2.05) is 32.0 Å². The van der Waals surface area contributed by atoms with Crippen molar-refractivity contribution in [1.82, 2.24) is 14.5 Å². The lowest BCUT2D eigenvalue weighted by atomic mass is 10.0. The van der Waals surface area contributed by atoms with Crippen molar-refractivity contribution in [2.24, 2.45) is 13.0 Å². The monoisotopic (exact) mass is 333 g/mol. The Hall–Kier alpha value is -2.57. The number of para-hydroxylation sites is 2. The van der Waals surface area contributed by atoms with Crippen LogP contribution in [0.2, 0.25) is 0 Å². The van der Waals surface area contributed by atoms with E-state index >= 15 is 0 Å².